The molecule has 2 aromatic rings. The van der Waals surface area contributed by atoms with Crippen LogP contribution in [0.2, 0.25) is 0 Å². The largest absolute Gasteiger partial charge is 0.368 e. The summed E-state index contributed by atoms with van der Waals surface area (Å²) < 4.78 is 0. The fourth-order valence-corrected chi connectivity index (χ4v) is 6.96. The molecule has 190 valence electrons. The maximum absolute atomic E-state index is 13.1. The number of rotatable bonds is 4. The van der Waals surface area contributed by atoms with Gasteiger partial charge in [0.05, 0.1) is 16.6 Å². The third-order valence-corrected chi connectivity index (χ3v) is 10.1. The smallest absolute Gasteiger partial charge is 0.273 e. The van der Waals surface area contributed by atoms with Crippen LogP contribution < -0.4 is 4.90 Å². The van der Waals surface area contributed by atoms with E-state index in [9.17, 15) is 9.59 Å². The molecule has 1 saturated carbocycles. The monoisotopic (exact) mass is 505 g/mol. The Kier molecular flexibility index (Phi) is 6.32. The first kappa shape index (κ1) is 24.8. The van der Waals surface area contributed by atoms with Crippen molar-refractivity contribution in [2.45, 2.75) is 46.5 Å². The Labute approximate surface area is 217 Å². The highest BCUT2D eigenvalue weighted by Gasteiger charge is 2.68. The van der Waals surface area contributed by atoms with Gasteiger partial charge in [-0.2, -0.15) is 5.26 Å². The summed E-state index contributed by atoms with van der Waals surface area (Å²) in [6.45, 7) is 13.2. The van der Waals surface area contributed by atoms with Gasteiger partial charge in [0.2, 0.25) is 5.91 Å². The van der Waals surface area contributed by atoms with Crippen LogP contribution in [-0.2, 0) is 4.79 Å². The highest BCUT2D eigenvalue weighted by Crippen LogP contribution is 2.68. The first-order valence-electron chi connectivity index (χ1n) is 12.9. The minimum absolute atomic E-state index is 0.00258. The van der Waals surface area contributed by atoms with E-state index in [4.69, 9.17) is 10.2 Å². The first-order valence-corrected chi connectivity index (χ1v) is 13.8. The summed E-state index contributed by atoms with van der Waals surface area (Å²) in [6.07, 6.45) is 1.81. The van der Waals surface area contributed by atoms with Crippen LogP contribution >= 0.6 is 11.3 Å². The molecule has 3 heterocycles. The van der Waals surface area contributed by atoms with Crippen LogP contribution in [0.1, 0.15) is 67.5 Å². The van der Waals surface area contributed by atoms with E-state index < -0.39 is 0 Å². The SMILES string of the molecule is CC1(C)C(C(=O)N2CCC(c3nc(C(=O)N4CCN(c5ccc(C#N)cc5)CC4)cs3)CC2)C1(C)C. The number of benzene rings is 1. The van der Waals surface area contributed by atoms with Crippen LogP contribution in [0.5, 0.6) is 0 Å². The van der Waals surface area contributed by atoms with Gasteiger partial charge in [0.1, 0.15) is 5.69 Å². The normalized spacial score (nSPS) is 21.8. The number of thiazole rings is 1. The van der Waals surface area contributed by atoms with Crippen LogP contribution in [0.25, 0.3) is 0 Å². The molecule has 1 aliphatic carbocycles. The quantitative estimate of drug-likeness (QED) is 0.617. The Morgan fingerprint density at radius 2 is 1.56 bits per heavy atom. The minimum Gasteiger partial charge on any atom is -0.368 e. The van der Waals surface area contributed by atoms with Gasteiger partial charge in [-0.3, -0.25) is 9.59 Å². The van der Waals surface area contributed by atoms with Crippen molar-refractivity contribution >= 4 is 28.8 Å². The number of nitriles is 1. The van der Waals surface area contributed by atoms with Crippen LogP contribution in [-0.4, -0.2) is 65.9 Å². The summed E-state index contributed by atoms with van der Waals surface area (Å²) in [5, 5.41) is 11.9. The van der Waals surface area contributed by atoms with E-state index in [2.05, 4.69) is 38.7 Å². The summed E-state index contributed by atoms with van der Waals surface area (Å²) in [5.41, 5.74) is 2.41. The Hall–Kier alpha value is -2.92. The number of hydrogen-bond donors (Lipinski definition) is 0. The van der Waals surface area contributed by atoms with Gasteiger partial charge in [-0.15, -0.1) is 11.3 Å². The standard InChI is InChI=1S/C28H35N5O2S/c1-27(2)23(28(27,3)4)26(35)32-11-9-20(10-12-32)24-30-22(18-36-24)25(34)33-15-13-31(14-16-33)21-7-5-19(17-29)6-8-21/h5-8,18,20,23H,9-16H2,1-4H3. The second kappa shape index (κ2) is 9.19. The lowest BCUT2D eigenvalue weighted by Crippen LogP contribution is -2.48. The lowest BCUT2D eigenvalue weighted by Gasteiger charge is -2.35. The summed E-state index contributed by atoms with van der Waals surface area (Å²) in [7, 11) is 0. The average molecular weight is 506 g/mol. The summed E-state index contributed by atoms with van der Waals surface area (Å²) in [4.78, 5) is 37.2. The van der Waals surface area contributed by atoms with Crippen LogP contribution in [0, 0.1) is 28.1 Å². The minimum atomic E-state index is 0.00258. The number of piperidine rings is 1. The third kappa shape index (κ3) is 4.28. The van der Waals surface area contributed by atoms with Crippen molar-refractivity contribution in [2.24, 2.45) is 16.7 Å². The molecule has 0 spiro atoms. The number of hydrogen-bond acceptors (Lipinski definition) is 6. The molecule has 8 heteroatoms. The number of amides is 2. The Morgan fingerprint density at radius 3 is 2.11 bits per heavy atom. The number of carbonyl (C=O) groups is 2. The first-order chi connectivity index (χ1) is 17.1. The van der Waals surface area contributed by atoms with E-state index in [0.717, 1.165) is 49.7 Å². The number of aromatic nitrogens is 1. The van der Waals surface area contributed by atoms with E-state index in [1.165, 1.54) is 0 Å². The second-order valence-electron chi connectivity index (χ2n) is 11.5. The molecule has 0 atom stereocenters. The summed E-state index contributed by atoms with van der Waals surface area (Å²) >= 11 is 1.58. The molecule has 0 radical (unpaired) electrons. The maximum Gasteiger partial charge on any atom is 0.273 e. The van der Waals surface area contributed by atoms with Crippen molar-refractivity contribution in [1.29, 1.82) is 5.26 Å². The average Bonchev–Trinajstić information content (AvgIpc) is 3.21. The topological polar surface area (TPSA) is 80.5 Å². The van der Waals surface area contributed by atoms with E-state index in [1.54, 1.807) is 11.3 Å². The molecule has 3 aliphatic rings. The fraction of sp³-hybridized carbons (Fsp3) is 0.571. The zero-order valence-electron chi connectivity index (χ0n) is 21.7. The molecule has 0 unspecified atom stereocenters. The van der Waals surface area contributed by atoms with Crippen molar-refractivity contribution in [3.63, 3.8) is 0 Å². The molecular formula is C28H35N5O2S. The lowest BCUT2D eigenvalue weighted by atomic mass is 9.96. The van der Waals surface area contributed by atoms with E-state index in [0.29, 0.717) is 36.2 Å². The van der Waals surface area contributed by atoms with Gasteiger partial charge in [-0.1, -0.05) is 27.7 Å². The molecule has 2 amide bonds. The molecule has 7 nitrogen and oxygen atoms in total. The van der Waals surface area contributed by atoms with E-state index in [1.807, 2.05) is 39.4 Å². The number of carbonyl (C=O) groups excluding carboxylic acids is 2. The molecule has 1 aromatic heterocycles. The predicted molar refractivity (Wildman–Crippen MR) is 141 cm³/mol. The van der Waals surface area contributed by atoms with Gasteiger partial charge < -0.3 is 14.7 Å². The van der Waals surface area contributed by atoms with Crippen molar-refractivity contribution in [3.8, 4) is 6.07 Å². The predicted octanol–water partition coefficient (Wildman–Crippen LogP) is 4.37. The van der Waals surface area contributed by atoms with Crippen LogP contribution in [0.15, 0.2) is 29.6 Å². The van der Waals surface area contributed by atoms with Gasteiger partial charge in [-0.25, -0.2) is 4.98 Å². The van der Waals surface area contributed by atoms with Crippen molar-refractivity contribution in [3.05, 3.63) is 45.9 Å². The Balaban J connectivity index is 1.13. The van der Waals surface area contributed by atoms with Gasteiger partial charge in [0.15, 0.2) is 0 Å². The van der Waals surface area contributed by atoms with Gasteiger partial charge in [0.25, 0.3) is 5.91 Å². The highest BCUT2D eigenvalue weighted by molar-refractivity contribution is 7.09. The molecule has 0 bridgehead atoms. The van der Waals surface area contributed by atoms with Crippen LogP contribution in [0.3, 0.4) is 0 Å². The summed E-state index contributed by atoms with van der Waals surface area (Å²) in [6, 6.07) is 9.74. The Morgan fingerprint density at radius 1 is 0.944 bits per heavy atom. The van der Waals surface area contributed by atoms with Crippen molar-refractivity contribution < 1.29 is 9.59 Å². The van der Waals surface area contributed by atoms with E-state index in [-0.39, 0.29) is 22.7 Å². The molecule has 36 heavy (non-hydrogen) atoms. The lowest BCUT2D eigenvalue weighted by molar-refractivity contribution is -0.134. The molecule has 3 fully saturated rings. The van der Waals surface area contributed by atoms with Gasteiger partial charge in [0, 0.05) is 62.2 Å². The molecule has 2 saturated heterocycles. The van der Waals surface area contributed by atoms with Gasteiger partial charge >= 0.3 is 0 Å². The molecule has 2 aliphatic heterocycles. The third-order valence-electron chi connectivity index (χ3n) is 9.09. The number of anilines is 1. The fourth-order valence-electron chi connectivity index (χ4n) is 5.99. The summed E-state index contributed by atoms with van der Waals surface area (Å²) in [5.74, 6) is 0.735. The zero-order valence-corrected chi connectivity index (χ0v) is 22.5. The second-order valence-corrected chi connectivity index (χ2v) is 12.4. The van der Waals surface area contributed by atoms with Crippen molar-refractivity contribution in [1.82, 2.24) is 14.8 Å². The van der Waals surface area contributed by atoms with Crippen molar-refractivity contribution in [2.75, 3.05) is 44.2 Å². The Bertz CT molecular complexity index is 1170. The van der Waals surface area contributed by atoms with E-state index >= 15 is 0 Å². The highest BCUT2D eigenvalue weighted by atomic mass is 32.1. The number of piperazine rings is 1. The molecular weight excluding hydrogens is 470 g/mol. The van der Waals surface area contributed by atoms with Crippen LogP contribution in [0.4, 0.5) is 5.69 Å². The number of likely N-dealkylation sites (tertiary alicyclic amines) is 1. The molecule has 5 rings (SSSR count). The molecule has 1 aromatic carbocycles. The zero-order chi connectivity index (χ0) is 25.7. The maximum atomic E-state index is 13.1. The molecule has 0 N–H and O–H groups in total. The van der Waals surface area contributed by atoms with Gasteiger partial charge in [-0.05, 0) is 47.9 Å². The number of nitrogens with zero attached hydrogens (tertiary/aromatic N) is 5.